The van der Waals surface area contributed by atoms with Crippen molar-refractivity contribution in [2.24, 2.45) is 0 Å². The van der Waals surface area contributed by atoms with Gasteiger partial charge in [0.05, 0.1) is 11.2 Å². The molecule has 0 spiro atoms. The van der Waals surface area contributed by atoms with Crippen molar-refractivity contribution in [2.45, 2.75) is 31.2 Å². The van der Waals surface area contributed by atoms with Gasteiger partial charge in [0, 0.05) is 49.3 Å². The second kappa shape index (κ2) is 7.82. The molecule has 3 heterocycles. The molecule has 160 valence electrons. The van der Waals surface area contributed by atoms with Crippen molar-refractivity contribution in [1.82, 2.24) is 9.21 Å². The van der Waals surface area contributed by atoms with Gasteiger partial charge in [-0.2, -0.15) is 4.31 Å². The Balaban J connectivity index is 1.56. The summed E-state index contributed by atoms with van der Waals surface area (Å²) in [6, 6.07) is 6.59. The molecule has 2 aliphatic rings. The summed E-state index contributed by atoms with van der Waals surface area (Å²) >= 11 is 3.40. The third-order valence-corrected chi connectivity index (χ3v) is 8.42. The molecule has 2 aliphatic heterocycles. The minimum Gasteiger partial charge on any atom is -0.459 e. The predicted molar refractivity (Wildman–Crippen MR) is 114 cm³/mol. The summed E-state index contributed by atoms with van der Waals surface area (Å²) in [7, 11) is -3.80. The highest BCUT2D eigenvalue weighted by Gasteiger charge is 2.35. The molecule has 30 heavy (non-hydrogen) atoms. The number of halogens is 1. The number of furan rings is 1. The van der Waals surface area contributed by atoms with Crippen LogP contribution in [0.5, 0.6) is 0 Å². The van der Waals surface area contributed by atoms with Crippen molar-refractivity contribution in [1.29, 1.82) is 0 Å². The summed E-state index contributed by atoms with van der Waals surface area (Å²) < 4.78 is 33.7. The van der Waals surface area contributed by atoms with Crippen LogP contribution in [0.3, 0.4) is 0 Å². The van der Waals surface area contributed by atoms with Crippen LogP contribution in [-0.2, 0) is 21.2 Å². The van der Waals surface area contributed by atoms with E-state index in [1.807, 2.05) is 6.92 Å². The lowest BCUT2D eigenvalue weighted by Gasteiger charge is -2.33. The SMILES string of the molecule is CC(=O)N1c2cc(S(=O)(=O)N3CCN(C(=O)c4ccco4)CC3)c(Br)cc2CC1C. The lowest BCUT2D eigenvalue weighted by Crippen LogP contribution is -2.50. The Hall–Kier alpha value is -2.17. The number of benzene rings is 1. The van der Waals surface area contributed by atoms with Gasteiger partial charge < -0.3 is 14.2 Å². The first-order valence-electron chi connectivity index (χ1n) is 9.65. The fourth-order valence-electron chi connectivity index (χ4n) is 4.12. The molecule has 0 radical (unpaired) electrons. The van der Waals surface area contributed by atoms with Crippen LogP contribution < -0.4 is 4.90 Å². The largest absolute Gasteiger partial charge is 0.459 e. The van der Waals surface area contributed by atoms with Crippen molar-refractivity contribution in [3.63, 3.8) is 0 Å². The van der Waals surface area contributed by atoms with Crippen LogP contribution in [0.15, 0.2) is 44.3 Å². The zero-order valence-corrected chi connectivity index (χ0v) is 19.1. The quantitative estimate of drug-likeness (QED) is 0.652. The van der Waals surface area contributed by atoms with Crippen LogP contribution in [0, 0.1) is 0 Å². The number of carbonyl (C=O) groups is 2. The maximum absolute atomic E-state index is 13.3. The summed E-state index contributed by atoms with van der Waals surface area (Å²) in [5.41, 5.74) is 1.58. The average molecular weight is 496 g/mol. The Bertz CT molecular complexity index is 1090. The number of sulfonamides is 1. The smallest absolute Gasteiger partial charge is 0.289 e. The summed E-state index contributed by atoms with van der Waals surface area (Å²) in [4.78, 5) is 27.8. The van der Waals surface area contributed by atoms with Gasteiger partial charge in [0.1, 0.15) is 0 Å². The molecule has 0 N–H and O–H groups in total. The third kappa shape index (κ3) is 3.57. The predicted octanol–water partition coefficient (Wildman–Crippen LogP) is 2.49. The highest BCUT2D eigenvalue weighted by Crippen LogP contribution is 2.39. The fourth-order valence-corrected chi connectivity index (χ4v) is 6.62. The molecule has 10 heteroatoms. The van der Waals surface area contributed by atoms with Crippen LogP contribution in [0.4, 0.5) is 5.69 Å². The van der Waals surface area contributed by atoms with E-state index in [9.17, 15) is 18.0 Å². The van der Waals surface area contributed by atoms with E-state index in [0.717, 1.165) is 5.56 Å². The number of piperazine rings is 1. The normalized spacial score (nSPS) is 19.8. The maximum Gasteiger partial charge on any atom is 0.289 e. The van der Waals surface area contributed by atoms with Gasteiger partial charge in [0.25, 0.3) is 5.91 Å². The number of rotatable bonds is 3. The minimum atomic E-state index is -3.80. The molecular formula is C20H22BrN3O5S. The zero-order valence-electron chi connectivity index (χ0n) is 16.7. The van der Waals surface area contributed by atoms with Gasteiger partial charge in [0.2, 0.25) is 15.9 Å². The molecule has 4 rings (SSSR count). The number of hydrogen-bond acceptors (Lipinski definition) is 5. The molecule has 0 aliphatic carbocycles. The van der Waals surface area contributed by atoms with Crippen LogP contribution in [-0.4, -0.2) is 61.7 Å². The van der Waals surface area contributed by atoms with Gasteiger partial charge in [-0.15, -0.1) is 0 Å². The van der Waals surface area contributed by atoms with E-state index in [1.54, 1.807) is 34.1 Å². The fraction of sp³-hybridized carbons (Fsp3) is 0.400. The maximum atomic E-state index is 13.3. The second-order valence-corrected chi connectivity index (χ2v) is 10.3. The van der Waals surface area contributed by atoms with Crippen LogP contribution in [0.25, 0.3) is 0 Å². The summed E-state index contributed by atoms with van der Waals surface area (Å²) in [5.74, 6) is -0.120. The summed E-state index contributed by atoms with van der Waals surface area (Å²) in [6.07, 6.45) is 2.12. The highest BCUT2D eigenvalue weighted by molar-refractivity contribution is 9.10. The first-order valence-corrected chi connectivity index (χ1v) is 11.9. The number of carbonyl (C=O) groups excluding carboxylic acids is 2. The molecule has 1 aromatic carbocycles. The molecule has 0 saturated carbocycles. The molecule has 8 nitrogen and oxygen atoms in total. The number of anilines is 1. The molecule has 0 bridgehead atoms. The van der Waals surface area contributed by atoms with Crippen LogP contribution in [0.1, 0.15) is 30.0 Å². The van der Waals surface area contributed by atoms with E-state index in [2.05, 4.69) is 15.9 Å². The summed E-state index contributed by atoms with van der Waals surface area (Å²) in [5, 5.41) is 0. The molecule has 2 amide bonds. The topological polar surface area (TPSA) is 91.1 Å². The number of nitrogens with zero attached hydrogens (tertiary/aromatic N) is 3. The average Bonchev–Trinajstić information content (AvgIpc) is 3.33. The van der Waals surface area contributed by atoms with Crippen molar-refractivity contribution in [3.05, 3.63) is 46.3 Å². The first-order chi connectivity index (χ1) is 14.2. The van der Waals surface area contributed by atoms with E-state index in [0.29, 0.717) is 16.6 Å². The van der Waals surface area contributed by atoms with E-state index < -0.39 is 10.0 Å². The Morgan fingerprint density at radius 1 is 1.17 bits per heavy atom. The van der Waals surface area contributed by atoms with Crippen LogP contribution >= 0.6 is 15.9 Å². The van der Waals surface area contributed by atoms with E-state index in [1.165, 1.54) is 17.5 Å². The summed E-state index contributed by atoms with van der Waals surface area (Å²) in [6.45, 7) is 4.35. The number of fused-ring (bicyclic) bond motifs is 1. The van der Waals surface area contributed by atoms with Crippen molar-refractivity contribution in [2.75, 3.05) is 31.1 Å². The lowest BCUT2D eigenvalue weighted by atomic mass is 10.1. The van der Waals surface area contributed by atoms with E-state index in [-0.39, 0.29) is 54.7 Å². The minimum absolute atomic E-state index is 0.0153. The molecule has 1 unspecified atom stereocenters. The van der Waals surface area contributed by atoms with Crippen molar-refractivity contribution in [3.8, 4) is 0 Å². The Morgan fingerprint density at radius 2 is 1.87 bits per heavy atom. The molecular weight excluding hydrogens is 474 g/mol. The third-order valence-electron chi connectivity index (χ3n) is 5.56. The van der Waals surface area contributed by atoms with Gasteiger partial charge in [-0.05, 0) is 59.1 Å². The first kappa shape index (κ1) is 21.1. The van der Waals surface area contributed by atoms with Crippen molar-refractivity contribution >= 4 is 43.5 Å². The van der Waals surface area contributed by atoms with E-state index >= 15 is 0 Å². The van der Waals surface area contributed by atoms with Gasteiger partial charge in [0.15, 0.2) is 5.76 Å². The monoisotopic (exact) mass is 495 g/mol. The van der Waals surface area contributed by atoms with Gasteiger partial charge in [-0.1, -0.05) is 0 Å². The zero-order chi connectivity index (χ0) is 21.6. The Kier molecular flexibility index (Phi) is 5.50. The molecule has 2 aromatic rings. The number of hydrogen-bond donors (Lipinski definition) is 0. The molecule has 1 fully saturated rings. The van der Waals surface area contributed by atoms with Crippen molar-refractivity contribution < 1.29 is 22.4 Å². The van der Waals surface area contributed by atoms with Gasteiger partial charge >= 0.3 is 0 Å². The van der Waals surface area contributed by atoms with E-state index in [4.69, 9.17) is 4.42 Å². The highest BCUT2D eigenvalue weighted by atomic mass is 79.9. The van der Waals surface area contributed by atoms with Crippen LogP contribution in [0.2, 0.25) is 0 Å². The lowest BCUT2D eigenvalue weighted by molar-refractivity contribution is -0.116. The Morgan fingerprint density at radius 3 is 2.47 bits per heavy atom. The standard InChI is InChI=1S/C20H22BrN3O5S/c1-13-10-15-11-16(21)19(12-17(15)24(13)14(2)25)30(27,28)23-7-5-22(6-8-23)20(26)18-4-3-9-29-18/h3-4,9,11-13H,5-8,10H2,1-2H3. The Labute approximate surface area is 183 Å². The number of amides is 2. The van der Waals surface area contributed by atoms with Gasteiger partial charge in [-0.25, -0.2) is 8.42 Å². The second-order valence-electron chi connectivity index (χ2n) is 7.53. The molecule has 1 atom stereocenters. The molecule has 1 saturated heterocycles. The molecule has 1 aromatic heterocycles. The van der Waals surface area contributed by atoms with Gasteiger partial charge in [-0.3, -0.25) is 9.59 Å².